The van der Waals surface area contributed by atoms with Crippen molar-refractivity contribution in [2.75, 3.05) is 13.3 Å². The number of benzene rings is 3. The number of carbonyl (C=O) groups is 2. The lowest BCUT2D eigenvalue weighted by atomic mass is 10.0. The van der Waals surface area contributed by atoms with Crippen LogP contribution in [-0.4, -0.2) is 30.0 Å². The lowest BCUT2D eigenvalue weighted by Crippen LogP contribution is -2.34. The van der Waals surface area contributed by atoms with E-state index in [2.05, 4.69) is 17.4 Å². The van der Waals surface area contributed by atoms with Gasteiger partial charge in [-0.15, -0.1) is 11.8 Å². The highest BCUT2D eigenvalue weighted by atomic mass is 32.2. The van der Waals surface area contributed by atoms with Crippen LogP contribution in [0.1, 0.15) is 33.9 Å². The van der Waals surface area contributed by atoms with Gasteiger partial charge >= 0.3 is 0 Å². The van der Waals surface area contributed by atoms with Gasteiger partial charge in [0.25, 0.3) is 5.91 Å². The zero-order chi connectivity index (χ0) is 21.3. The van der Waals surface area contributed by atoms with Crippen molar-refractivity contribution in [3.8, 4) is 0 Å². The molecule has 5 heteroatoms. The smallest absolute Gasteiger partial charge is 0.251 e. The van der Waals surface area contributed by atoms with Gasteiger partial charge in [0.2, 0.25) is 5.91 Å². The SMILES string of the molecule is CSc1ccc(CN(C)C(=O)CC(NC(=O)c2ccccc2)c2ccccc2)cc1. The molecule has 2 amide bonds. The van der Waals surface area contributed by atoms with Crippen LogP contribution in [0.15, 0.2) is 89.8 Å². The third-order valence-corrected chi connectivity index (χ3v) is 5.67. The van der Waals surface area contributed by atoms with Crippen LogP contribution in [-0.2, 0) is 11.3 Å². The Balaban J connectivity index is 1.70. The van der Waals surface area contributed by atoms with E-state index in [-0.39, 0.29) is 18.2 Å². The summed E-state index contributed by atoms with van der Waals surface area (Å²) in [5.41, 5.74) is 2.56. The van der Waals surface area contributed by atoms with Crippen molar-refractivity contribution in [3.63, 3.8) is 0 Å². The first-order valence-electron chi connectivity index (χ1n) is 9.84. The van der Waals surface area contributed by atoms with Gasteiger partial charge in [0.1, 0.15) is 0 Å². The Morgan fingerprint density at radius 3 is 2.10 bits per heavy atom. The molecule has 3 rings (SSSR count). The van der Waals surface area contributed by atoms with E-state index in [4.69, 9.17) is 0 Å². The maximum Gasteiger partial charge on any atom is 0.251 e. The van der Waals surface area contributed by atoms with E-state index < -0.39 is 6.04 Å². The van der Waals surface area contributed by atoms with Crippen molar-refractivity contribution in [2.24, 2.45) is 0 Å². The molecule has 0 saturated heterocycles. The molecule has 0 aromatic heterocycles. The predicted molar refractivity (Wildman–Crippen MR) is 122 cm³/mol. The highest BCUT2D eigenvalue weighted by molar-refractivity contribution is 7.98. The molecule has 0 saturated carbocycles. The zero-order valence-electron chi connectivity index (χ0n) is 17.2. The molecule has 0 radical (unpaired) electrons. The number of carbonyl (C=O) groups excluding carboxylic acids is 2. The first-order chi connectivity index (χ1) is 14.6. The van der Waals surface area contributed by atoms with E-state index in [1.165, 1.54) is 4.90 Å². The quantitative estimate of drug-likeness (QED) is 0.528. The first kappa shape index (κ1) is 21.7. The highest BCUT2D eigenvalue weighted by Gasteiger charge is 2.21. The summed E-state index contributed by atoms with van der Waals surface area (Å²) >= 11 is 1.69. The van der Waals surface area contributed by atoms with Gasteiger partial charge in [-0.25, -0.2) is 0 Å². The average molecular weight is 419 g/mol. The zero-order valence-corrected chi connectivity index (χ0v) is 18.1. The summed E-state index contributed by atoms with van der Waals surface area (Å²) in [4.78, 5) is 28.5. The fourth-order valence-electron chi connectivity index (χ4n) is 3.19. The lowest BCUT2D eigenvalue weighted by molar-refractivity contribution is -0.130. The summed E-state index contributed by atoms with van der Waals surface area (Å²) in [6.45, 7) is 0.529. The maximum atomic E-state index is 12.9. The van der Waals surface area contributed by atoms with Crippen LogP contribution in [0.4, 0.5) is 0 Å². The maximum absolute atomic E-state index is 12.9. The Labute approximate surface area is 182 Å². The molecule has 0 aliphatic heterocycles. The van der Waals surface area contributed by atoms with Crippen LogP contribution >= 0.6 is 11.8 Å². The number of rotatable bonds is 8. The molecule has 0 aliphatic carbocycles. The molecule has 0 spiro atoms. The van der Waals surface area contributed by atoms with Crippen molar-refractivity contribution in [2.45, 2.75) is 23.9 Å². The second-order valence-corrected chi connectivity index (χ2v) is 7.98. The Morgan fingerprint density at radius 1 is 0.900 bits per heavy atom. The van der Waals surface area contributed by atoms with E-state index in [9.17, 15) is 9.59 Å². The van der Waals surface area contributed by atoms with E-state index in [0.29, 0.717) is 12.1 Å². The molecule has 154 valence electrons. The molecule has 1 N–H and O–H groups in total. The number of thioether (sulfide) groups is 1. The third-order valence-electron chi connectivity index (χ3n) is 4.93. The normalized spacial score (nSPS) is 11.5. The molecule has 3 aromatic rings. The third kappa shape index (κ3) is 5.97. The number of amides is 2. The lowest BCUT2D eigenvalue weighted by Gasteiger charge is -2.23. The molecule has 0 fully saturated rings. The molecule has 0 aliphatic rings. The molecule has 1 atom stereocenters. The Kier molecular flexibility index (Phi) is 7.69. The summed E-state index contributed by atoms with van der Waals surface area (Å²) in [7, 11) is 1.80. The predicted octanol–water partition coefficient (Wildman–Crippen LogP) is 4.93. The van der Waals surface area contributed by atoms with Crippen LogP contribution in [0.3, 0.4) is 0 Å². The summed E-state index contributed by atoms with van der Waals surface area (Å²) in [6.07, 6.45) is 2.24. The highest BCUT2D eigenvalue weighted by Crippen LogP contribution is 2.20. The molecule has 3 aromatic carbocycles. The van der Waals surface area contributed by atoms with Gasteiger partial charge in [0.15, 0.2) is 0 Å². The molecular weight excluding hydrogens is 392 g/mol. The van der Waals surface area contributed by atoms with Gasteiger partial charge in [-0.2, -0.15) is 0 Å². The second-order valence-electron chi connectivity index (χ2n) is 7.10. The van der Waals surface area contributed by atoms with Crippen LogP contribution in [0.2, 0.25) is 0 Å². The van der Waals surface area contributed by atoms with E-state index in [0.717, 1.165) is 11.1 Å². The minimum Gasteiger partial charge on any atom is -0.345 e. The minimum atomic E-state index is -0.396. The van der Waals surface area contributed by atoms with Crippen LogP contribution in [0, 0.1) is 0 Å². The van der Waals surface area contributed by atoms with Crippen molar-refractivity contribution in [1.82, 2.24) is 10.2 Å². The van der Waals surface area contributed by atoms with Gasteiger partial charge in [0, 0.05) is 24.1 Å². The topological polar surface area (TPSA) is 49.4 Å². The van der Waals surface area contributed by atoms with E-state index in [1.807, 2.05) is 66.9 Å². The Hall–Kier alpha value is -3.05. The molecule has 0 bridgehead atoms. The van der Waals surface area contributed by atoms with E-state index in [1.54, 1.807) is 35.8 Å². The summed E-state index contributed by atoms with van der Waals surface area (Å²) < 4.78 is 0. The van der Waals surface area contributed by atoms with Crippen LogP contribution in [0.5, 0.6) is 0 Å². The van der Waals surface area contributed by atoms with Gasteiger partial charge in [0.05, 0.1) is 12.5 Å². The number of hydrogen-bond donors (Lipinski definition) is 1. The van der Waals surface area contributed by atoms with Crippen molar-refractivity contribution in [3.05, 3.63) is 102 Å². The molecule has 30 heavy (non-hydrogen) atoms. The van der Waals surface area contributed by atoms with Gasteiger partial charge < -0.3 is 10.2 Å². The molecule has 0 heterocycles. The van der Waals surface area contributed by atoms with E-state index >= 15 is 0 Å². The number of nitrogens with one attached hydrogen (secondary N) is 1. The summed E-state index contributed by atoms with van der Waals surface area (Å²) in [5.74, 6) is -0.210. The average Bonchev–Trinajstić information content (AvgIpc) is 2.80. The van der Waals surface area contributed by atoms with Crippen LogP contribution < -0.4 is 5.32 Å². The minimum absolute atomic E-state index is 0.0221. The van der Waals surface area contributed by atoms with Gasteiger partial charge in [-0.1, -0.05) is 60.7 Å². The largest absolute Gasteiger partial charge is 0.345 e. The molecule has 4 nitrogen and oxygen atoms in total. The van der Waals surface area contributed by atoms with Crippen molar-refractivity contribution >= 4 is 23.6 Å². The van der Waals surface area contributed by atoms with Crippen molar-refractivity contribution < 1.29 is 9.59 Å². The fourth-order valence-corrected chi connectivity index (χ4v) is 3.60. The van der Waals surface area contributed by atoms with Gasteiger partial charge in [-0.3, -0.25) is 9.59 Å². The standard InChI is InChI=1S/C25H26N2O2S/c1-27(18-19-13-15-22(30-2)16-14-19)24(28)17-23(20-9-5-3-6-10-20)26-25(29)21-11-7-4-8-12-21/h3-16,23H,17-18H2,1-2H3,(H,26,29). The van der Waals surface area contributed by atoms with Crippen LogP contribution in [0.25, 0.3) is 0 Å². The molecular formula is C25H26N2O2S. The molecule has 1 unspecified atom stereocenters. The summed E-state index contributed by atoms with van der Waals surface area (Å²) in [6, 6.07) is 26.5. The monoisotopic (exact) mass is 418 g/mol. The Bertz CT molecular complexity index is 959. The van der Waals surface area contributed by atoms with Crippen molar-refractivity contribution in [1.29, 1.82) is 0 Å². The summed E-state index contributed by atoms with van der Waals surface area (Å²) in [5, 5.41) is 3.03. The number of nitrogens with zero attached hydrogens (tertiary/aromatic N) is 1. The number of hydrogen-bond acceptors (Lipinski definition) is 3. The second kappa shape index (κ2) is 10.6. The first-order valence-corrected chi connectivity index (χ1v) is 11.1. The fraction of sp³-hybridized carbons (Fsp3) is 0.200. The Morgan fingerprint density at radius 2 is 1.50 bits per heavy atom. The van der Waals surface area contributed by atoms with Gasteiger partial charge in [-0.05, 0) is 41.6 Å².